The molecule has 4 heteroatoms. The van der Waals surface area contributed by atoms with Gasteiger partial charge in [-0.15, -0.1) is 0 Å². The van der Waals surface area contributed by atoms with E-state index in [1.165, 1.54) is 0 Å². The fraction of sp³-hybridized carbons (Fsp3) is 0.111. The summed E-state index contributed by atoms with van der Waals surface area (Å²) < 4.78 is 0. The number of carboxylic acid groups (broad SMARTS) is 1. The molecule has 1 N–H and O–H groups in total. The number of halogens is 1. The number of carbonyl (C=O) groups is 1. The molecule has 3 aromatic rings. The van der Waals surface area contributed by atoms with Crippen LogP contribution >= 0.6 is 11.6 Å². The van der Waals surface area contributed by atoms with Crippen LogP contribution in [0.4, 0.5) is 0 Å². The molecule has 0 amide bonds. The van der Waals surface area contributed by atoms with Crippen LogP contribution in [0, 0.1) is 13.8 Å². The molecular formula is C18H14ClNO2. The Morgan fingerprint density at radius 3 is 2.59 bits per heavy atom. The van der Waals surface area contributed by atoms with Gasteiger partial charge in [-0.25, -0.2) is 9.78 Å². The zero-order valence-electron chi connectivity index (χ0n) is 12.2. The quantitative estimate of drug-likeness (QED) is 0.734. The number of hydrogen-bond donors (Lipinski definition) is 1. The van der Waals surface area contributed by atoms with Crippen molar-refractivity contribution in [3.63, 3.8) is 0 Å². The topological polar surface area (TPSA) is 50.2 Å². The van der Waals surface area contributed by atoms with Crippen LogP contribution in [0.2, 0.25) is 5.02 Å². The molecule has 0 saturated heterocycles. The summed E-state index contributed by atoms with van der Waals surface area (Å²) in [6.07, 6.45) is 0. The molecule has 0 atom stereocenters. The molecule has 0 bridgehead atoms. The zero-order chi connectivity index (χ0) is 15.9. The van der Waals surface area contributed by atoms with E-state index in [0.717, 1.165) is 22.2 Å². The van der Waals surface area contributed by atoms with Gasteiger partial charge >= 0.3 is 5.97 Å². The van der Waals surface area contributed by atoms with Crippen molar-refractivity contribution in [1.82, 2.24) is 4.98 Å². The van der Waals surface area contributed by atoms with Crippen molar-refractivity contribution in [2.45, 2.75) is 13.8 Å². The molecule has 3 nitrogen and oxygen atoms in total. The average molecular weight is 312 g/mol. The van der Waals surface area contributed by atoms with Gasteiger partial charge < -0.3 is 5.11 Å². The molecular weight excluding hydrogens is 298 g/mol. The smallest absolute Gasteiger partial charge is 0.336 e. The summed E-state index contributed by atoms with van der Waals surface area (Å²) in [6.45, 7) is 3.95. The van der Waals surface area contributed by atoms with E-state index < -0.39 is 5.97 Å². The van der Waals surface area contributed by atoms with Crippen LogP contribution in [0.1, 0.15) is 21.5 Å². The third-order valence-electron chi connectivity index (χ3n) is 3.86. The second-order valence-electron chi connectivity index (χ2n) is 5.27. The summed E-state index contributed by atoms with van der Waals surface area (Å²) in [4.78, 5) is 16.3. The molecule has 0 saturated carbocycles. The van der Waals surface area contributed by atoms with E-state index in [2.05, 4.69) is 4.98 Å². The molecule has 110 valence electrons. The summed E-state index contributed by atoms with van der Waals surface area (Å²) in [6, 6.07) is 12.6. The largest absolute Gasteiger partial charge is 0.478 e. The second-order valence-corrected chi connectivity index (χ2v) is 5.71. The summed E-state index contributed by atoms with van der Waals surface area (Å²) in [5.41, 5.74) is 4.46. The molecule has 22 heavy (non-hydrogen) atoms. The molecule has 0 aliphatic rings. The normalized spacial score (nSPS) is 10.9. The first-order valence-corrected chi connectivity index (χ1v) is 7.25. The van der Waals surface area contributed by atoms with Gasteiger partial charge in [0.05, 0.1) is 16.8 Å². The highest BCUT2D eigenvalue weighted by Crippen LogP contribution is 2.29. The van der Waals surface area contributed by atoms with Crippen LogP contribution in [-0.4, -0.2) is 16.1 Å². The van der Waals surface area contributed by atoms with Crippen LogP contribution in [0.25, 0.3) is 22.2 Å². The Labute approximate surface area is 133 Å². The number of hydrogen-bond acceptors (Lipinski definition) is 2. The van der Waals surface area contributed by atoms with Crippen LogP contribution in [-0.2, 0) is 0 Å². The second kappa shape index (κ2) is 5.43. The lowest BCUT2D eigenvalue weighted by atomic mass is 9.99. The number of pyridine rings is 1. The Hall–Kier alpha value is -2.39. The molecule has 1 heterocycles. The first-order chi connectivity index (χ1) is 10.5. The Balaban J connectivity index is 2.37. The van der Waals surface area contributed by atoms with Gasteiger partial charge in [-0.3, -0.25) is 0 Å². The van der Waals surface area contributed by atoms with Gasteiger partial charge in [0.2, 0.25) is 0 Å². The van der Waals surface area contributed by atoms with Crippen molar-refractivity contribution in [2.75, 3.05) is 0 Å². The van der Waals surface area contributed by atoms with E-state index in [1.54, 1.807) is 18.2 Å². The molecule has 0 unspecified atom stereocenters. The number of aryl methyl sites for hydroxylation is 2. The fourth-order valence-corrected chi connectivity index (χ4v) is 2.69. The molecule has 0 aliphatic carbocycles. The maximum atomic E-state index is 11.6. The van der Waals surface area contributed by atoms with Gasteiger partial charge in [-0.05, 0) is 43.2 Å². The number of benzene rings is 2. The van der Waals surface area contributed by atoms with E-state index in [4.69, 9.17) is 11.6 Å². The minimum Gasteiger partial charge on any atom is -0.478 e. The van der Waals surface area contributed by atoms with Gasteiger partial charge in [0.15, 0.2) is 0 Å². The van der Waals surface area contributed by atoms with Crippen molar-refractivity contribution in [1.29, 1.82) is 0 Å². The van der Waals surface area contributed by atoms with Gasteiger partial charge in [-0.2, -0.15) is 0 Å². The van der Waals surface area contributed by atoms with Crippen LogP contribution in [0.15, 0.2) is 42.5 Å². The highest BCUT2D eigenvalue weighted by atomic mass is 35.5. The van der Waals surface area contributed by atoms with E-state index in [9.17, 15) is 9.90 Å². The number of fused-ring (bicyclic) bond motifs is 1. The predicted octanol–water partition coefficient (Wildman–Crippen LogP) is 4.87. The zero-order valence-corrected chi connectivity index (χ0v) is 13.0. The van der Waals surface area contributed by atoms with Crippen LogP contribution in [0.5, 0.6) is 0 Å². The van der Waals surface area contributed by atoms with Crippen LogP contribution < -0.4 is 0 Å². The van der Waals surface area contributed by atoms with Crippen molar-refractivity contribution >= 4 is 28.5 Å². The van der Waals surface area contributed by atoms with E-state index >= 15 is 0 Å². The summed E-state index contributed by atoms with van der Waals surface area (Å²) in [5.74, 6) is -0.959. The van der Waals surface area contributed by atoms with Gasteiger partial charge in [0.1, 0.15) is 0 Å². The number of carboxylic acids is 1. The van der Waals surface area contributed by atoms with Crippen molar-refractivity contribution in [2.24, 2.45) is 0 Å². The lowest BCUT2D eigenvalue weighted by Crippen LogP contribution is -2.02. The summed E-state index contributed by atoms with van der Waals surface area (Å²) in [7, 11) is 0. The van der Waals surface area contributed by atoms with Crippen molar-refractivity contribution < 1.29 is 9.90 Å². The predicted molar refractivity (Wildman–Crippen MR) is 88.6 cm³/mol. The Morgan fingerprint density at radius 2 is 1.91 bits per heavy atom. The lowest BCUT2D eigenvalue weighted by molar-refractivity contribution is 0.0699. The van der Waals surface area contributed by atoms with E-state index in [-0.39, 0.29) is 5.56 Å². The van der Waals surface area contributed by atoms with Crippen LogP contribution in [0.3, 0.4) is 0 Å². The monoisotopic (exact) mass is 311 g/mol. The SMILES string of the molecule is Cc1ccc2c(C(=O)O)cc(-c3cccc(Cl)c3)nc2c1C. The summed E-state index contributed by atoms with van der Waals surface area (Å²) in [5, 5.41) is 10.8. The third-order valence-corrected chi connectivity index (χ3v) is 4.09. The van der Waals surface area contributed by atoms with Gasteiger partial charge in [-0.1, -0.05) is 35.9 Å². The number of aromatic carboxylic acids is 1. The molecule has 0 radical (unpaired) electrons. The molecule has 0 aliphatic heterocycles. The molecule has 0 fully saturated rings. The fourth-order valence-electron chi connectivity index (χ4n) is 2.50. The number of rotatable bonds is 2. The minimum absolute atomic E-state index is 0.253. The maximum Gasteiger partial charge on any atom is 0.336 e. The Bertz CT molecular complexity index is 903. The van der Waals surface area contributed by atoms with E-state index in [0.29, 0.717) is 16.1 Å². The maximum absolute atomic E-state index is 11.6. The Morgan fingerprint density at radius 1 is 1.14 bits per heavy atom. The highest BCUT2D eigenvalue weighted by Gasteiger charge is 2.15. The summed E-state index contributed by atoms with van der Waals surface area (Å²) >= 11 is 6.03. The highest BCUT2D eigenvalue weighted by molar-refractivity contribution is 6.30. The lowest BCUT2D eigenvalue weighted by Gasteiger charge is -2.11. The molecule has 2 aromatic carbocycles. The number of aromatic nitrogens is 1. The standard InChI is InChI=1S/C18H14ClNO2/c1-10-6-7-14-15(18(21)22)9-16(20-17(14)11(10)2)12-4-3-5-13(19)8-12/h3-9H,1-2H3,(H,21,22). The van der Waals surface area contributed by atoms with Gasteiger partial charge in [0.25, 0.3) is 0 Å². The average Bonchev–Trinajstić information content (AvgIpc) is 2.50. The number of nitrogens with zero attached hydrogens (tertiary/aromatic N) is 1. The molecule has 3 rings (SSSR count). The van der Waals surface area contributed by atoms with Gasteiger partial charge in [0, 0.05) is 16.0 Å². The third kappa shape index (κ3) is 2.44. The first kappa shape index (κ1) is 14.5. The minimum atomic E-state index is -0.959. The van der Waals surface area contributed by atoms with Crippen molar-refractivity contribution in [3.05, 3.63) is 64.2 Å². The molecule has 0 spiro atoms. The Kier molecular flexibility index (Phi) is 3.59. The van der Waals surface area contributed by atoms with Crippen molar-refractivity contribution in [3.8, 4) is 11.3 Å². The molecule has 1 aromatic heterocycles. The van der Waals surface area contributed by atoms with E-state index in [1.807, 2.05) is 38.1 Å². The first-order valence-electron chi connectivity index (χ1n) is 6.87.